The summed E-state index contributed by atoms with van der Waals surface area (Å²) in [4.78, 5) is 90.0. The molecular formula is C98H92AgBr2F5N13O10. The van der Waals surface area contributed by atoms with Gasteiger partial charge >= 0.3 is 5.97 Å². The predicted molar refractivity (Wildman–Crippen MR) is 499 cm³/mol. The number of nitrogens with two attached hydrogens (primary N) is 3. The second-order valence-corrected chi connectivity index (χ2v) is 30.6. The summed E-state index contributed by atoms with van der Waals surface area (Å²) in [6.45, 7) is 6.00. The smallest absolute Gasteiger partial charge is 0.335 e. The third kappa shape index (κ3) is 27.7. The number of rotatable bonds is 12. The summed E-state index contributed by atoms with van der Waals surface area (Å²) in [5.74, 6) is -4.10. The van der Waals surface area contributed by atoms with Crippen molar-refractivity contribution in [3.05, 3.63) is 333 Å². The quantitative estimate of drug-likeness (QED) is 0.0217. The molecule has 0 bridgehead atoms. The number of fused-ring (bicyclic) bond motifs is 5. The van der Waals surface area contributed by atoms with E-state index in [2.05, 4.69) is 74.2 Å². The van der Waals surface area contributed by atoms with E-state index >= 15 is 0 Å². The maximum absolute atomic E-state index is 13.3. The minimum Gasteiger partial charge on any atom is -0.497 e. The number of aromatic nitrogens is 5. The molecule has 10 aromatic carbocycles. The number of primary amides is 3. The normalized spacial score (nSPS) is 11.2. The van der Waals surface area contributed by atoms with Crippen molar-refractivity contribution in [1.82, 2.24) is 35.1 Å². The molecule has 669 valence electrons. The number of nitriles is 2. The second kappa shape index (κ2) is 49.1. The number of ether oxygens (including phenoxy) is 1. The van der Waals surface area contributed by atoms with Gasteiger partial charge in [0.1, 0.15) is 75.4 Å². The van der Waals surface area contributed by atoms with E-state index in [1.165, 1.54) is 105 Å². The molecule has 2 aliphatic rings. The van der Waals surface area contributed by atoms with Gasteiger partial charge in [-0.25, -0.2) is 51.7 Å². The first-order chi connectivity index (χ1) is 59.0. The number of carbonyl (C=O) groups excluding carboxylic acids is 4. The summed E-state index contributed by atoms with van der Waals surface area (Å²) in [5, 5.41) is 48.4. The fourth-order valence-corrected chi connectivity index (χ4v) is 13.9. The van der Waals surface area contributed by atoms with Gasteiger partial charge in [-0.1, -0.05) is 166 Å². The Morgan fingerprint density at radius 2 is 0.752 bits per heavy atom. The number of carboxylic acid groups (broad SMARTS) is 1. The Labute approximate surface area is 774 Å². The van der Waals surface area contributed by atoms with Crippen LogP contribution in [0.15, 0.2) is 243 Å². The molecule has 31 heteroatoms. The maximum Gasteiger partial charge on any atom is 0.335 e. The van der Waals surface area contributed by atoms with E-state index in [1.807, 2.05) is 60.4 Å². The van der Waals surface area contributed by atoms with Crippen molar-refractivity contribution < 1.29 is 88.4 Å². The summed E-state index contributed by atoms with van der Waals surface area (Å²) in [5.41, 5.74) is 30.5. The van der Waals surface area contributed by atoms with E-state index in [-0.39, 0.29) is 121 Å². The SMILES string of the molecule is C.C.C.C.C.C1CCNC1.COc1ccc2c(-c3ccc(F)cc3)cc(C(N)=O)nc2c1.Cc1ccc2c(-c3ccc(F)cc3)cc(C#N)nc2c1.N#Cc1cc(-c2ccc(F)cc2)c2ccc(C(Br)Br)cc2n1.NC(=O)c1cc(-c2ccc(F)cc2)c2ccc(C(=O)N3CCCC3)cc2n1.NC(=O)c1cc(-c2ccc(F)cc2)c2ccc(C(=O)O)cc2n1.O=[N+]([O-])O.[Ag]. The zero-order valence-corrected chi connectivity index (χ0v) is 70.3. The Kier molecular flexibility index (Phi) is 40.1. The summed E-state index contributed by atoms with van der Waals surface area (Å²) < 4.78 is 70.9. The van der Waals surface area contributed by atoms with E-state index in [0.29, 0.717) is 61.3 Å². The van der Waals surface area contributed by atoms with Gasteiger partial charge in [-0.3, -0.25) is 19.2 Å². The number of carboxylic acids is 1. The number of hydrogen-bond acceptors (Lipinski definition) is 16. The average molecular weight is 1970 g/mol. The first kappa shape index (κ1) is 105. The number of alkyl halides is 2. The molecule has 129 heavy (non-hydrogen) atoms. The van der Waals surface area contributed by atoms with E-state index in [4.69, 9.17) is 47.6 Å². The summed E-state index contributed by atoms with van der Waals surface area (Å²) >= 11 is 6.91. The molecule has 7 heterocycles. The van der Waals surface area contributed by atoms with E-state index in [1.54, 1.807) is 122 Å². The van der Waals surface area contributed by atoms with Crippen LogP contribution in [0.25, 0.3) is 110 Å². The Morgan fingerprint density at radius 1 is 0.450 bits per heavy atom. The van der Waals surface area contributed by atoms with E-state index < -0.39 is 28.8 Å². The third-order valence-electron chi connectivity index (χ3n) is 19.3. The van der Waals surface area contributed by atoms with Crippen LogP contribution in [0, 0.1) is 68.8 Å². The van der Waals surface area contributed by atoms with Crippen molar-refractivity contribution in [3.8, 4) is 73.5 Å². The number of benzene rings is 10. The van der Waals surface area contributed by atoms with Crippen molar-refractivity contribution in [3.63, 3.8) is 0 Å². The maximum atomic E-state index is 13.3. The van der Waals surface area contributed by atoms with Crippen LogP contribution in [0.1, 0.15) is 141 Å². The van der Waals surface area contributed by atoms with Gasteiger partial charge in [-0.2, -0.15) is 10.5 Å². The molecule has 0 spiro atoms. The standard InChI is InChI=1S/C21H18FN3O2.C17H9Br2FN2.C17H11FN2O3.C17H13FN2O2.C17H11FN2.C4H9N.5CH4.Ag.HNO3/c22-15-6-3-13(4-7-15)17-12-19(20(23)26)24-18-11-14(5-8-16(17)18)21(27)25-9-1-2-10-25;18-17(19)11-3-6-14-15(10-1-4-12(20)5-2-10)8-13(9-21)22-16(14)7-11;18-11-4-1-9(2-5-11)13-8-15(16(19)21)20-14-7-10(17(22)23)3-6-12(13)14;1-22-12-6-7-13-14(10-2-4-11(18)5-3-10)9-16(17(19)21)20-15(13)8-12;1-11-2-7-15-16(12-3-5-13(18)6-4-12)9-14(10-19)20-17(15)8-11;1-2-4-5-3-1;;;;;;;2-1(3)4/h3-8,11-12H,1-2,9-10H2,(H2,23,26);1-8,17H;1-8H,(H2,19,21)(H,22,23);2-9H,1H3,(H2,19,21);2-9H,1H3;5H,1-4H2;5*1H4;;(H,2,3,4). The molecule has 17 rings (SSSR count). The molecule has 5 aromatic heterocycles. The second-order valence-electron chi connectivity index (χ2n) is 27.6. The first-order valence-electron chi connectivity index (χ1n) is 37.6. The van der Waals surface area contributed by atoms with Gasteiger partial charge in [-0.05, 0) is 252 Å². The summed E-state index contributed by atoms with van der Waals surface area (Å²) in [6, 6.07) is 69.5. The number of nitrogens with zero attached hydrogens (tertiary/aromatic N) is 9. The van der Waals surface area contributed by atoms with Crippen LogP contribution in [-0.2, 0) is 22.4 Å². The van der Waals surface area contributed by atoms with Crippen LogP contribution in [0.3, 0.4) is 0 Å². The van der Waals surface area contributed by atoms with Crippen LogP contribution in [-0.4, -0.2) is 108 Å². The first-order valence-corrected chi connectivity index (χ1v) is 39.5. The molecule has 0 atom stereocenters. The molecule has 9 N–H and O–H groups in total. The topological polar surface area (TPSA) is 384 Å². The number of methoxy groups -OCH3 is 1. The molecule has 2 fully saturated rings. The molecule has 2 aliphatic heterocycles. The molecule has 1 radical (unpaired) electrons. The van der Waals surface area contributed by atoms with Crippen LogP contribution in [0.4, 0.5) is 22.0 Å². The van der Waals surface area contributed by atoms with Crippen LogP contribution < -0.4 is 27.3 Å². The van der Waals surface area contributed by atoms with Gasteiger partial charge in [0.15, 0.2) is 0 Å². The van der Waals surface area contributed by atoms with Gasteiger partial charge in [0.25, 0.3) is 28.7 Å². The van der Waals surface area contributed by atoms with Crippen molar-refractivity contribution in [2.45, 2.75) is 73.5 Å². The van der Waals surface area contributed by atoms with Gasteiger partial charge in [0.05, 0.1) is 44.0 Å². The minimum absolute atomic E-state index is 0. The molecule has 0 saturated carbocycles. The van der Waals surface area contributed by atoms with E-state index in [9.17, 15) is 51.2 Å². The number of hydrogen-bond donors (Lipinski definition) is 6. The Bertz CT molecular complexity index is 6570. The predicted octanol–water partition coefficient (Wildman–Crippen LogP) is 22.5. The summed E-state index contributed by atoms with van der Waals surface area (Å²) in [6.07, 6.45) is 4.80. The number of likely N-dealkylation sites (tertiary alicyclic amines) is 1. The van der Waals surface area contributed by atoms with Crippen LogP contribution in [0.5, 0.6) is 5.75 Å². The number of aryl methyl sites for hydroxylation is 1. The van der Waals surface area contributed by atoms with E-state index in [0.717, 1.165) is 109 Å². The fourth-order valence-electron chi connectivity index (χ4n) is 13.3. The molecule has 2 saturated heterocycles. The third-order valence-corrected chi connectivity index (χ3v) is 20.4. The molecule has 15 aromatic rings. The minimum atomic E-state index is -1.50. The van der Waals surface area contributed by atoms with Crippen molar-refractivity contribution in [2.24, 2.45) is 17.2 Å². The van der Waals surface area contributed by atoms with Crippen LogP contribution in [0.2, 0.25) is 0 Å². The van der Waals surface area contributed by atoms with Gasteiger partial charge in [0.2, 0.25) is 0 Å². The molecule has 4 amide bonds. The molecular weight excluding hydrogens is 1880 g/mol. The zero-order valence-electron chi connectivity index (χ0n) is 65.7. The molecule has 0 unspecified atom stereocenters. The Hall–Kier alpha value is -14.1. The number of aromatic carboxylic acids is 1. The number of halogens is 7. The monoisotopic (exact) mass is 1970 g/mol. The number of amides is 4. The molecule has 0 aliphatic carbocycles. The number of nitrogens with one attached hydrogen (secondary N) is 1. The van der Waals surface area contributed by atoms with Crippen LogP contribution >= 0.6 is 31.9 Å². The average Bonchev–Trinajstić information content (AvgIpc) is 1.35. The zero-order chi connectivity index (χ0) is 88.1. The van der Waals surface area contributed by atoms with Gasteiger partial charge < -0.3 is 42.5 Å². The summed E-state index contributed by atoms with van der Waals surface area (Å²) in [7, 11) is 1.56. The number of pyridine rings is 5. The van der Waals surface area contributed by atoms with Crippen molar-refractivity contribution >= 4 is 116 Å². The van der Waals surface area contributed by atoms with Crippen molar-refractivity contribution in [1.29, 1.82) is 10.5 Å². The number of carbonyl (C=O) groups is 5. The Morgan fingerprint density at radius 3 is 1.07 bits per heavy atom. The van der Waals surface area contributed by atoms with Gasteiger partial charge in [0, 0.05) is 74.0 Å². The Balaban J connectivity index is 0.000000276. The van der Waals surface area contributed by atoms with Crippen molar-refractivity contribution in [2.75, 3.05) is 33.3 Å². The largest absolute Gasteiger partial charge is 0.497 e. The fraction of sp³-hybridized carbons (Fsp3) is 0.163. The molecule has 23 nitrogen and oxygen atoms in total. The van der Waals surface area contributed by atoms with Gasteiger partial charge in [-0.15, -0.1) is 10.1 Å².